The molecule has 2 rings (SSSR count). The highest BCUT2D eigenvalue weighted by atomic mass is 16.5. The van der Waals surface area contributed by atoms with Gasteiger partial charge in [-0.3, -0.25) is 9.59 Å². The van der Waals surface area contributed by atoms with Crippen LogP contribution in [-0.2, 0) is 27.2 Å². The summed E-state index contributed by atoms with van der Waals surface area (Å²) in [7, 11) is 5.19. The molecule has 0 bridgehead atoms. The summed E-state index contributed by atoms with van der Waals surface area (Å²) in [6.45, 7) is 2.08. The molecule has 126 valence electrons. The van der Waals surface area contributed by atoms with Gasteiger partial charge in [0.25, 0.3) is 0 Å². The molecule has 0 unspecified atom stereocenters. The first-order valence-electron chi connectivity index (χ1n) is 8.04. The highest BCUT2D eigenvalue weighted by Gasteiger charge is 2.29. The fourth-order valence-corrected chi connectivity index (χ4v) is 2.87. The van der Waals surface area contributed by atoms with Crippen LogP contribution in [0.1, 0.15) is 17.5 Å². The fraction of sp³-hybridized carbons (Fsp3) is 0.556. The Balaban J connectivity index is 1.87. The zero-order chi connectivity index (χ0) is 16.8. The Morgan fingerprint density at radius 3 is 2.52 bits per heavy atom. The molecular formula is C18H26N2O3. The Labute approximate surface area is 138 Å². The summed E-state index contributed by atoms with van der Waals surface area (Å²) in [5.41, 5.74) is 2.24. The number of carbonyl (C=O) groups is 2. The van der Waals surface area contributed by atoms with Crippen LogP contribution in [-0.4, -0.2) is 62.5 Å². The zero-order valence-electron chi connectivity index (χ0n) is 14.2. The maximum Gasteiger partial charge on any atom is 0.226 e. The molecule has 1 aliphatic rings. The van der Waals surface area contributed by atoms with E-state index in [4.69, 9.17) is 4.74 Å². The van der Waals surface area contributed by atoms with Gasteiger partial charge in [-0.05, 0) is 23.5 Å². The van der Waals surface area contributed by atoms with Crippen LogP contribution in [0.15, 0.2) is 24.3 Å². The van der Waals surface area contributed by atoms with Crippen LogP contribution in [0.2, 0.25) is 0 Å². The molecule has 1 aliphatic heterocycles. The molecule has 5 nitrogen and oxygen atoms in total. The Morgan fingerprint density at radius 2 is 1.91 bits per heavy atom. The van der Waals surface area contributed by atoms with Crippen molar-refractivity contribution in [2.75, 3.05) is 40.9 Å². The quantitative estimate of drug-likeness (QED) is 0.763. The van der Waals surface area contributed by atoms with Gasteiger partial charge < -0.3 is 14.5 Å². The lowest BCUT2D eigenvalue weighted by atomic mass is 9.97. The van der Waals surface area contributed by atoms with Gasteiger partial charge in [0.1, 0.15) is 0 Å². The summed E-state index contributed by atoms with van der Waals surface area (Å²) in [6, 6.07) is 8.16. The first-order chi connectivity index (χ1) is 11.0. The van der Waals surface area contributed by atoms with Crippen LogP contribution >= 0.6 is 0 Å². The summed E-state index contributed by atoms with van der Waals surface area (Å²) in [5, 5.41) is 0. The molecule has 5 heteroatoms. The van der Waals surface area contributed by atoms with Crippen molar-refractivity contribution in [2.24, 2.45) is 5.92 Å². The van der Waals surface area contributed by atoms with E-state index in [0.29, 0.717) is 31.9 Å². The lowest BCUT2D eigenvalue weighted by Crippen LogP contribution is -2.28. The number of benzene rings is 1. The predicted octanol–water partition coefficient (Wildman–Crippen LogP) is 1.35. The van der Waals surface area contributed by atoms with Crippen LogP contribution in [0.4, 0.5) is 0 Å². The number of likely N-dealkylation sites (N-methyl/N-ethyl adjacent to an activating group) is 1. The number of amides is 2. The first kappa shape index (κ1) is 17.5. The molecule has 0 spiro atoms. The van der Waals surface area contributed by atoms with Crippen molar-refractivity contribution in [1.29, 1.82) is 0 Å². The van der Waals surface area contributed by atoms with Crippen molar-refractivity contribution < 1.29 is 14.3 Å². The van der Waals surface area contributed by atoms with Gasteiger partial charge in [-0.1, -0.05) is 24.3 Å². The molecule has 0 saturated carbocycles. The molecule has 0 aliphatic carbocycles. The van der Waals surface area contributed by atoms with E-state index >= 15 is 0 Å². The van der Waals surface area contributed by atoms with E-state index in [0.717, 1.165) is 18.5 Å². The molecule has 0 aromatic heterocycles. The fourth-order valence-electron chi connectivity index (χ4n) is 2.87. The van der Waals surface area contributed by atoms with Crippen molar-refractivity contribution in [2.45, 2.75) is 19.3 Å². The molecule has 1 fully saturated rings. The first-order valence-corrected chi connectivity index (χ1v) is 8.04. The Bertz CT molecular complexity index is 540. The molecule has 1 aromatic rings. The topological polar surface area (TPSA) is 49.9 Å². The standard InChI is InChI=1S/C18H26N2O3/c1-19(2)17(21)11-15-6-4-14(5-7-15)10-16-12-18(22)20(13-16)8-9-23-3/h4-7,16H,8-13H2,1-3H3/t16-/m0/s1. The van der Waals surface area contributed by atoms with E-state index in [2.05, 4.69) is 12.1 Å². The number of ether oxygens (including phenoxy) is 1. The van der Waals surface area contributed by atoms with Crippen molar-refractivity contribution in [3.05, 3.63) is 35.4 Å². The number of nitrogens with zero attached hydrogens (tertiary/aromatic N) is 2. The predicted molar refractivity (Wildman–Crippen MR) is 89.1 cm³/mol. The lowest BCUT2D eigenvalue weighted by molar-refractivity contribution is -0.128. The third-order valence-corrected chi connectivity index (χ3v) is 4.26. The zero-order valence-corrected chi connectivity index (χ0v) is 14.2. The molecule has 2 amide bonds. The molecule has 0 N–H and O–H groups in total. The van der Waals surface area contributed by atoms with Gasteiger partial charge in [-0.2, -0.15) is 0 Å². The van der Waals surface area contributed by atoms with Gasteiger partial charge in [-0.25, -0.2) is 0 Å². The second kappa shape index (κ2) is 8.11. The molecule has 23 heavy (non-hydrogen) atoms. The van der Waals surface area contributed by atoms with E-state index in [-0.39, 0.29) is 11.8 Å². The van der Waals surface area contributed by atoms with E-state index in [1.807, 2.05) is 17.0 Å². The van der Waals surface area contributed by atoms with Crippen molar-refractivity contribution >= 4 is 11.8 Å². The second-order valence-electron chi connectivity index (χ2n) is 6.39. The molecule has 0 radical (unpaired) electrons. The van der Waals surface area contributed by atoms with Gasteiger partial charge >= 0.3 is 0 Å². The van der Waals surface area contributed by atoms with E-state index in [1.54, 1.807) is 26.1 Å². The average molecular weight is 318 g/mol. The number of rotatable bonds is 7. The largest absolute Gasteiger partial charge is 0.383 e. The molecule has 1 heterocycles. The minimum atomic E-state index is 0.105. The minimum absolute atomic E-state index is 0.105. The number of likely N-dealkylation sites (tertiary alicyclic amines) is 1. The van der Waals surface area contributed by atoms with Gasteiger partial charge in [-0.15, -0.1) is 0 Å². The highest BCUT2D eigenvalue weighted by Crippen LogP contribution is 2.22. The average Bonchev–Trinajstić information content (AvgIpc) is 2.86. The highest BCUT2D eigenvalue weighted by molar-refractivity contribution is 5.79. The van der Waals surface area contributed by atoms with Gasteiger partial charge in [0.15, 0.2) is 0 Å². The second-order valence-corrected chi connectivity index (χ2v) is 6.39. The van der Waals surface area contributed by atoms with Crippen LogP contribution in [0, 0.1) is 5.92 Å². The lowest BCUT2D eigenvalue weighted by Gasteiger charge is -2.16. The summed E-state index contributed by atoms with van der Waals surface area (Å²) in [4.78, 5) is 27.1. The summed E-state index contributed by atoms with van der Waals surface area (Å²) in [6.07, 6.45) is 1.95. The van der Waals surface area contributed by atoms with Crippen LogP contribution < -0.4 is 0 Å². The van der Waals surface area contributed by atoms with Crippen LogP contribution in [0.3, 0.4) is 0 Å². The number of hydrogen-bond acceptors (Lipinski definition) is 3. The number of hydrogen-bond donors (Lipinski definition) is 0. The van der Waals surface area contributed by atoms with Crippen molar-refractivity contribution in [3.8, 4) is 0 Å². The molecular weight excluding hydrogens is 292 g/mol. The minimum Gasteiger partial charge on any atom is -0.383 e. The molecule has 1 atom stereocenters. The van der Waals surface area contributed by atoms with Crippen molar-refractivity contribution in [1.82, 2.24) is 9.80 Å². The van der Waals surface area contributed by atoms with Gasteiger partial charge in [0.2, 0.25) is 11.8 Å². The van der Waals surface area contributed by atoms with Crippen molar-refractivity contribution in [3.63, 3.8) is 0 Å². The number of carbonyl (C=O) groups excluding carboxylic acids is 2. The van der Waals surface area contributed by atoms with Crippen LogP contribution in [0.5, 0.6) is 0 Å². The maximum atomic E-state index is 11.9. The monoisotopic (exact) mass is 318 g/mol. The summed E-state index contributed by atoms with van der Waals surface area (Å²) in [5.74, 6) is 0.696. The normalized spacial score (nSPS) is 17.6. The van der Waals surface area contributed by atoms with E-state index < -0.39 is 0 Å². The third-order valence-electron chi connectivity index (χ3n) is 4.26. The Hall–Kier alpha value is -1.88. The third kappa shape index (κ3) is 5.06. The molecule has 1 saturated heterocycles. The smallest absolute Gasteiger partial charge is 0.226 e. The Kier molecular flexibility index (Phi) is 6.16. The van der Waals surface area contributed by atoms with Crippen LogP contribution in [0.25, 0.3) is 0 Å². The van der Waals surface area contributed by atoms with Gasteiger partial charge in [0.05, 0.1) is 13.0 Å². The van der Waals surface area contributed by atoms with E-state index in [1.165, 1.54) is 5.56 Å². The van der Waals surface area contributed by atoms with Gasteiger partial charge in [0, 0.05) is 40.7 Å². The Morgan fingerprint density at radius 1 is 1.26 bits per heavy atom. The maximum absolute atomic E-state index is 11.9. The summed E-state index contributed by atoms with van der Waals surface area (Å²) < 4.78 is 5.04. The van der Waals surface area contributed by atoms with E-state index in [9.17, 15) is 9.59 Å². The summed E-state index contributed by atoms with van der Waals surface area (Å²) >= 11 is 0. The SMILES string of the molecule is COCCN1C[C@@H](Cc2ccc(CC(=O)N(C)C)cc2)CC1=O. The molecule has 1 aromatic carbocycles. The number of methoxy groups -OCH3 is 1.